The minimum absolute atomic E-state index is 0.286. The van der Waals surface area contributed by atoms with E-state index < -0.39 is 151 Å². The van der Waals surface area contributed by atoms with Crippen LogP contribution in [0.25, 0.3) is 0 Å². The van der Waals surface area contributed by atoms with Gasteiger partial charge in [-0.25, -0.2) is 92.8 Å². The number of ether oxygens (including phenoxy) is 1. The smallest absolute Gasteiger partial charge is 0.349 e. The highest BCUT2D eigenvalue weighted by Crippen LogP contribution is 2.31. The molecule has 0 saturated carbocycles. The first-order valence-corrected chi connectivity index (χ1v) is 16.1. The van der Waals surface area contributed by atoms with E-state index in [1.807, 2.05) is 30.3 Å². The molecule has 0 aliphatic rings. The maximum atomic E-state index is 15.4. The Bertz CT molecular complexity index is 2400. The molecule has 1 aromatic heterocycles. The lowest BCUT2D eigenvalue weighted by Gasteiger charge is -2.44. The largest absolute Gasteiger partial charge is 0.577 e. The van der Waals surface area contributed by atoms with Crippen LogP contribution in [0.5, 0.6) is 5.88 Å². The van der Waals surface area contributed by atoms with Gasteiger partial charge in [-0.1, -0.05) is 30.3 Å². The summed E-state index contributed by atoms with van der Waals surface area (Å²) < 4.78 is 336. The van der Waals surface area contributed by atoms with E-state index in [9.17, 15) is 65.9 Å². The third-order valence-electron chi connectivity index (χ3n) is 8.92. The fourth-order valence-electron chi connectivity index (χ4n) is 6.36. The Morgan fingerprint density at radius 3 is 0.952 bits per heavy atom. The Hall–Kier alpha value is -6.57. The van der Waals surface area contributed by atoms with Crippen LogP contribution in [0.15, 0.2) is 48.9 Å². The summed E-state index contributed by atoms with van der Waals surface area (Å²) in [5.41, 5.74) is -13.5. The molecule has 0 bridgehead atoms. The summed E-state index contributed by atoms with van der Waals surface area (Å²) in [4.78, 5) is 3.63. The van der Waals surface area contributed by atoms with Crippen molar-refractivity contribution >= 4 is 28.0 Å². The molecule has 1 heterocycles. The third-order valence-corrected chi connectivity index (χ3v) is 8.92. The average molecular weight is 934 g/mol. The van der Waals surface area contributed by atoms with Crippen molar-refractivity contribution in [2.45, 2.75) is 12.9 Å². The summed E-state index contributed by atoms with van der Waals surface area (Å²) in [6.45, 7) is 0.286. The van der Waals surface area contributed by atoms with E-state index in [-0.39, 0.29) is 12.4 Å². The van der Waals surface area contributed by atoms with Crippen molar-refractivity contribution in [2.75, 3.05) is 0 Å². The summed E-state index contributed by atoms with van der Waals surface area (Å²) in [6.07, 6.45) is -8.05. The quantitative estimate of drug-likeness (QED) is 0.0532. The monoisotopic (exact) mass is 934 g/mol. The van der Waals surface area contributed by atoms with Gasteiger partial charge in [0.25, 0.3) is 0 Å². The number of benzene rings is 5. The predicted octanol–water partition coefficient (Wildman–Crippen LogP) is 8.16. The lowest BCUT2D eigenvalue weighted by atomic mass is 9.12. The average Bonchev–Trinajstić information content (AvgIpc) is 3.24. The highest BCUT2D eigenvalue weighted by molar-refractivity contribution is 7.20. The summed E-state index contributed by atoms with van der Waals surface area (Å²) in [7, 11) is 0. The molecule has 0 amide bonds. The molecule has 63 heavy (non-hydrogen) atoms. The highest BCUT2D eigenvalue weighted by Gasteiger charge is 2.52. The Morgan fingerprint density at radius 1 is 0.413 bits per heavy atom. The molecule has 3 nitrogen and oxygen atoms in total. The standard InChI is InChI=1S/C24BF20.C12H10F3N2O/c26-5-1(6(27)14(35)21(42)13(5)34)25(2-7(28)15(36)22(43)16(37)8(2)29,3-9(30)17(38)23(44)18(39)10(3)31)4-11(32)19(40)24(45)20(41)12(4)33;13-12(14,15)18-11-8-16-6-7-17(11)9-10-4-2-1-3-5-10/h;1-8H,9H2/q-1;+1. The van der Waals surface area contributed by atoms with Gasteiger partial charge in [0.05, 0.1) is 6.20 Å². The molecule has 0 fully saturated rings. The van der Waals surface area contributed by atoms with Gasteiger partial charge in [-0.05, 0) is 0 Å². The lowest BCUT2D eigenvalue weighted by molar-refractivity contribution is -0.698. The zero-order chi connectivity index (χ0) is 47.4. The van der Waals surface area contributed by atoms with Crippen LogP contribution in [0, 0.1) is 116 Å². The fraction of sp³-hybridized carbons (Fsp3) is 0.0556. The van der Waals surface area contributed by atoms with Gasteiger partial charge in [0.2, 0.25) is 0 Å². The minimum atomic E-state index is -7.22. The summed E-state index contributed by atoms with van der Waals surface area (Å²) >= 11 is 0. The van der Waals surface area contributed by atoms with Gasteiger partial charge in [0.1, 0.15) is 58.9 Å². The van der Waals surface area contributed by atoms with Crippen molar-refractivity contribution in [1.82, 2.24) is 4.98 Å². The van der Waals surface area contributed by atoms with Crippen LogP contribution in [0.4, 0.5) is 101 Å². The third kappa shape index (κ3) is 7.91. The SMILES string of the molecule is FC(F)(F)Oc1cncc[n+]1Cc1ccccc1.Fc1c(F)c(F)c([B-](c2c(F)c(F)c(F)c(F)c2F)(c2c(F)c(F)c(F)c(F)c2F)c2c(F)c(F)c(F)c(F)c2F)c(F)c1F. The van der Waals surface area contributed by atoms with E-state index in [0.717, 1.165) is 11.8 Å². The molecule has 0 radical (unpaired) electrons. The second kappa shape index (κ2) is 17.3. The first-order chi connectivity index (χ1) is 29.2. The molecule has 0 unspecified atom stereocenters. The Balaban J connectivity index is 0.000000345. The molecule has 334 valence electrons. The van der Waals surface area contributed by atoms with E-state index in [1.54, 1.807) is 0 Å². The second-order valence-corrected chi connectivity index (χ2v) is 12.4. The molecule has 27 heteroatoms. The topological polar surface area (TPSA) is 26.0 Å². The Labute approximate surface area is 333 Å². The zero-order valence-corrected chi connectivity index (χ0v) is 29.4. The van der Waals surface area contributed by atoms with E-state index >= 15 is 35.1 Å². The van der Waals surface area contributed by atoms with Gasteiger partial charge in [0, 0.05) is 5.56 Å². The predicted molar refractivity (Wildman–Crippen MR) is 166 cm³/mol. The molecule has 0 aliphatic carbocycles. The van der Waals surface area contributed by atoms with Crippen LogP contribution in [0.1, 0.15) is 5.56 Å². The molecule has 0 saturated heterocycles. The maximum absolute atomic E-state index is 15.4. The molecule has 0 aliphatic heterocycles. The normalized spacial score (nSPS) is 11.8. The van der Waals surface area contributed by atoms with Crippen molar-refractivity contribution < 1.29 is 110 Å². The highest BCUT2D eigenvalue weighted by atomic mass is 19.4. The number of hydrogen-bond donors (Lipinski definition) is 0. The van der Waals surface area contributed by atoms with E-state index in [4.69, 9.17) is 0 Å². The number of hydrogen-bond acceptors (Lipinski definition) is 2. The van der Waals surface area contributed by atoms with Gasteiger partial charge >= 0.3 is 12.2 Å². The molecular formula is C36H10BF23N2O. The molecule has 0 spiro atoms. The first kappa shape index (κ1) is 47.5. The maximum Gasteiger partial charge on any atom is 0.577 e. The van der Waals surface area contributed by atoms with Crippen LogP contribution in [0.2, 0.25) is 0 Å². The van der Waals surface area contributed by atoms with Gasteiger partial charge < -0.3 is 4.74 Å². The Morgan fingerprint density at radius 2 is 0.683 bits per heavy atom. The van der Waals surface area contributed by atoms with E-state index in [0.29, 0.717) is 0 Å². The van der Waals surface area contributed by atoms with Crippen LogP contribution >= 0.6 is 0 Å². The number of nitrogens with zero attached hydrogens (tertiary/aromatic N) is 2. The molecule has 0 atom stereocenters. The van der Waals surface area contributed by atoms with Gasteiger partial charge in [-0.2, -0.15) is 4.57 Å². The van der Waals surface area contributed by atoms with Crippen LogP contribution in [0.3, 0.4) is 0 Å². The van der Waals surface area contributed by atoms with Gasteiger partial charge in [0.15, 0.2) is 82.5 Å². The minimum Gasteiger partial charge on any atom is -0.349 e. The fourth-order valence-corrected chi connectivity index (χ4v) is 6.36. The summed E-state index contributed by atoms with van der Waals surface area (Å²) in [5.74, 6) is -71.7. The van der Waals surface area contributed by atoms with E-state index in [1.165, 1.54) is 17.0 Å². The van der Waals surface area contributed by atoms with Crippen molar-refractivity contribution in [2.24, 2.45) is 0 Å². The summed E-state index contributed by atoms with van der Waals surface area (Å²) in [5, 5.41) is 0. The van der Waals surface area contributed by atoms with Crippen LogP contribution in [-0.4, -0.2) is 17.5 Å². The number of aromatic nitrogens is 2. The molecule has 6 rings (SSSR count). The van der Waals surface area contributed by atoms with Crippen molar-refractivity contribution in [3.63, 3.8) is 0 Å². The van der Waals surface area contributed by atoms with Crippen molar-refractivity contribution in [1.29, 1.82) is 0 Å². The Kier molecular flexibility index (Phi) is 13.0. The van der Waals surface area contributed by atoms with Crippen LogP contribution < -0.4 is 31.2 Å². The van der Waals surface area contributed by atoms with Gasteiger partial charge in [-0.15, -0.1) is 35.0 Å². The molecule has 5 aromatic carbocycles. The molecule has 6 aromatic rings. The number of halogens is 23. The van der Waals surface area contributed by atoms with Gasteiger partial charge in [-0.3, -0.25) is 0 Å². The second-order valence-electron chi connectivity index (χ2n) is 12.4. The van der Waals surface area contributed by atoms with E-state index in [2.05, 4.69) is 9.72 Å². The van der Waals surface area contributed by atoms with Crippen LogP contribution in [-0.2, 0) is 6.54 Å². The first-order valence-electron chi connectivity index (χ1n) is 16.1. The molecule has 0 N–H and O–H groups in total. The number of rotatable bonds is 7. The summed E-state index contributed by atoms with van der Waals surface area (Å²) in [6, 6.07) is 9.13. The number of alkyl halides is 3. The lowest BCUT2D eigenvalue weighted by Crippen LogP contribution is -2.81. The zero-order valence-electron chi connectivity index (χ0n) is 29.4. The van der Waals surface area contributed by atoms with Crippen molar-refractivity contribution in [3.05, 3.63) is 171 Å². The molecular weight excluding hydrogens is 924 g/mol. The van der Waals surface area contributed by atoms with Crippen molar-refractivity contribution in [3.8, 4) is 5.88 Å².